The molecule has 0 aliphatic carbocycles. The van der Waals surface area contributed by atoms with E-state index in [4.69, 9.17) is 20.3 Å². The third-order valence-electron chi connectivity index (χ3n) is 3.58. The van der Waals surface area contributed by atoms with E-state index in [2.05, 4.69) is 11.2 Å². The van der Waals surface area contributed by atoms with E-state index in [1.807, 2.05) is 42.5 Å². The molecule has 0 radical (unpaired) electrons. The molecule has 0 atom stereocenters. The Morgan fingerprint density at radius 3 is 2.16 bits per heavy atom. The van der Waals surface area contributed by atoms with Crippen LogP contribution in [0.5, 0.6) is 0 Å². The van der Waals surface area contributed by atoms with Crippen molar-refractivity contribution in [3.05, 3.63) is 71.5 Å². The Kier molecular flexibility index (Phi) is 4.38. The highest BCUT2D eigenvalue weighted by atomic mass is 16.5. The van der Waals surface area contributed by atoms with Crippen molar-refractivity contribution in [3.63, 3.8) is 0 Å². The molecule has 0 unspecified atom stereocenters. The van der Waals surface area contributed by atoms with E-state index in [9.17, 15) is 0 Å². The molecule has 0 bridgehead atoms. The van der Waals surface area contributed by atoms with Crippen LogP contribution in [0.2, 0.25) is 0 Å². The van der Waals surface area contributed by atoms with Gasteiger partial charge in [0, 0.05) is 11.6 Å². The molecule has 1 heterocycles. The van der Waals surface area contributed by atoms with E-state index in [1.54, 1.807) is 24.3 Å². The number of nitriles is 3. The molecule has 1 aromatic heterocycles. The topological polar surface area (TPSA) is 97.4 Å². The lowest BCUT2D eigenvalue weighted by atomic mass is 9.98. The zero-order valence-corrected chi connectivity index (χ0v) is 13.0. The van der Waals surface area contributed by atoms with Crippen LogP contribution in [0, 0.1) is 34.0 Å². The van der Waals surface area contributed by atoms with Gasteiger partial charge in [0.2, 0.25) is 0 Å². The second-order valence-corrected chi connectivity index (χ2v) is 5.11. The minimum atomic E-state index is -0.0697. The second-order valence-electron chi connectivity index (χ2n) is 5.11. The van der Waals surface area contributed by atoms with Gasteiger partial charge in [-0.15, -0.1) is 0 Å². The van der Waals surface area contributed by atoms with Crippen molar-refractivity contribution in [1.29, 1.82) is 15.8 Å². The largest absolute Gasteiger partial charge is 0.356 e. The molecule has 0 aliphatic rings. The van der Waals surface area contributed by atoms with Gasteiger partial charge in [-0.05, 0) is 17.7 Å². The predicted octanol–water partition coefficient (Wildman–Crippen LogP) is 4.31. The molecule has 3 aromatic rings. The molecule has 0 spiro atoms. The zero-order valence-electron chi connectivity index (χ0n) is 13.0. The molecule has 5 heteroatoms. The number of allylic oxidation sites excluding steroid dienone is 1. The molecule has 0 saturated carbocycles. The molecule has 0 amide bonds. The van der Waals surface area contributed by atoms with Crippen LogP contribution in [0.4, 0.5) is 0 Å². The third kappa shape index (κ3) is 3.15. The molecule has 0 saturated heterocycles. The smallest absolute Gasteiger partial charge is 0.170 e. The van der Waals surface area contributed by atoms with Crippen LogP contribution in [0.3, 0.4) is 0 Å². The summed E-state index contributed by atoms with van der Waals surface area (Å²) in [6.45, 7) is 0. The SMILES string of the molecule is N#CC(C#N)=Cc1onc(-c2ccc(C#N)cc2)c1-c1ccccc1. The van der Waals surface area contributed by atoms with Gasteiger partial charge in [-0.1, -0.05) is 47.6 Å². The van der Waals surface area contributed by atoms with Gasteiger partial charge < -0.3 is 4.52 Å². The Morgan fingerprint density at radius 1 is 0.880 bits per heavy atom. The third-order valence-corrected chi connectivity index (χ3v) is 3.58. The summed E-state index contributed by atoms with van der Waals surface area (Å²) in [6, 6.07) is 22.1. The lowest BCUT2D eigenvalue weighted by molar-refractivity contribution is 0.415. The number of nitrogens with zero attached hydrogens (tertiary/aromatic N) is 4. The van der Waals surface area contributed by atoms with Gasteiger partial charge in [-0.2, -0.15) is 15.8 Å². The van der Waals surface area contributed by atoms with Crippen LogP contribution in [-0.2, 0) is 0 Å². The van der Waals surface area contributed by atoms with E-state index in [0.717, 1.165) is 11.1 Å². The summed E-state index contributed by atoms with van der Waals surface area (Å²) in [7, 11) is 0. The molecule has 5 nitrogen and oxygen atoms in total. The summed E-state index contributed by atoms with van der Waals surface area (Å²) in [4.78, 5) is 0. The summed E-state index contributed by atoms with van der Waals surface area (Å²) in [5.41, 5.74) is 3.37. The molecule has 116 valence electrons. The van der Waals surface area contributed by atoms with Gasteiger partial charge in [0.05, 0.1) is 17.2 Å². The highest BCUT2D eigenvalue weighted by molar-refractivity contribution is 5.86. The monoisotopic (exact) mass is 322 g/mol. The van der Waals surface area contributed by atoms with Gasteiger partial charge in [-0.25, -0.2) is 0 Å². The van der Waals surface area contributed by atoms with E-state index >= 15 is 0 Å². The Morgan fingerprint density at radius 2 is 1.56 bits per heavy atom. The van der Waals surface area contributed by atoms with Crippen LogP contribution in [0.1, 0.15) is 11.3 Å². The first-order chi connectivity index (χ1) is 12.3. The highest BCUT2D eigenvalue weighted by Crippen LogP contribution is 2.35. The second kappa shape index (κ2) is 6.96. The van der Waals surface area contributed by atoms with Crippen molar-refractivity contribution in [1.82, 2.24) is 5.16 Å². The summed E-state index contributed by atoms with van der Waals surface area (Å²) in [5.74, 6) is 0.337. The maximum Gasteiger partial charge on any atom is 0.170 e. The van der Waals surface area contributed by atoms with Gasteiger partial charge >= 0.3 is 0 Å². The van der Waals surface area contributed by atoms with Gasteiger partial charge in [-0.3, -0.25) is 0 Å². The van der Waals surface area contributed by atoms with Gasteiger partial charge in [0.1, 0.15) is 23.4 Å². The Labute approximate surface area is 144 Å². The standard InChI is InChI=1S/C20H10N4O/c21-11-14-6-8-17(9-7-14)20-19(16-4-2-1-3-5-16)18(25-24-20)10-15(12-22)13-23/h1-10H. The van der Waals surface area contributed by atoms with Crippen molar-refractivity contribution in [3.8, 4) is 40.6 Å². The van der Waals surface area contributed by atoms with E-state index in [0.29, 0.717) is 22.6 Å². The highest BCUT2D eigenvalue weighted by Gasteiger charge is 2.18. The fourth-order valence-electron chi connectivity index (χ4n) is 2.41. The Bertz CT molecular complexity index is 1040. The number of hydrogen-bond donors (Lipinski definition) is 0. The first kappa shape index (κ1) is 15.7. The fraction of sp³-hybridized carbons (Fsp3) is 0. The van der Waals surface area contributed by atoms with Crippen molar-refractivity contribution in [2.45, 2.75) is 0 Å². The maximum absolute atomic E-state index is 9.00. The fourth-order valence-corrected chi connectivity index (χ4v) is 2.41. The predicted molar refractivity (Wildman–Crippen MR) is 91.3 cm³/mol. The summed E-state index contributed by atoms with van der Waals surface area (Å²) in [6.07, 6.45) is 1.38. The normalized spacial score (nSPS) is 9.48. The number of rotatable bonds is 3. The molecular formula is C20H10N4O. The van der Waals surface area contributed by atoms with E-state index in [1.165, 1.54) is 6.08 Å². The average molecular weight is 322 g/mol. The van der Waals surface area contributed by atoms with Crippen LogP contribution in [-0.4, -0.2) is 5.16 Å². The quantitative estimate of drug-likeness (QED) is 0.669. The number of benzene rings is 2. The van der Waals surface area contributed by atoms with Gasteiger partial charge in [0.25, 0.3) is 0 Å². The van der Waals surface area contributed by atoms with Crippen molar-refractivity contribution < 1.29 is 4.52 Å². The molecule has 2 aromatic carbocycles. The molecule has 0 N–H and O–H groups in total. The number of aromatic nitrogens is 1. The van der Waals surface area contributed by atoms with Gasteiger partial charge in [0.15, 0.2) is 5.76 Å². The number of hydrogen-bond acceptors (Lipinski definition) is 5. The molecule has 3 rings (SSSR count). The molecule has 0 fully saturated rings. The Hall–Kier alpha value is -4.14. The zero-order chi connectivity index (χ0) is 17.6. The summed E-state index contributed by atoms with van der Waals surface area (Å²) < 4.78 is 5.40. The lowest BCUT2D eigenvalue weighted by Crippen LogP contribution is -1.85. The van der Waals surface area contributed by atoms with E-state index in [-0.39, 0.29) is 5.57 Å². The minimum absolute atomic E-state index is 0.0697. The molecular weight excluding hydrogens is 312 g/mol. The summed E-state index contributed by atoms with van der Waals surface area (Å²) >= 11 is 0. The average Bonchev–Trinajstić information content (AvgIpc) is 3.10. The molecule has 25 heavy (non-hydrogen) atoms. The molecule has 0 aliphatic heterocycles. The van der Waals surface area contributed by atoms with Crippen LogP contribution in [0.15, 0.2) is 64.7 Å². The first-order valence-electron chi connectivity index (χ1n) is 7.34. The van der Waals surface area contributed by atoms with Crippen molar-refractivity contribution >= 4 is 6.08 Å². The van der Waals surface area contributed by atoms with Crippen molar-refractivity contribution in [2.24, 2.45) is 0 Å². The Balaban J connectivity index is 2.22. The van der Waals surface area contributed by atoms with Crippen molar-refractivity contribution in [2.75, 3.05) is 0 Å². The maximum atomic E-state index is 9.00. The summed E-state index contributed by atoms with van der Waals surface area (Å²) in [5, 5.41) is 31.0. The van der Waals surface area contributed by atoms with Crippen LogP contribution in [0.25, 0.3) is 28.5 Å². The van der Waals surface area contributed by atoms with Crippen LogP contribution < -0.4 is 0 Å². The first-order valence-corrected chi connectivity index (χ1v) is 7.34. The van der Waals surface area contributed by atoms with E-state index < -0.39 is 0 Å². The minimum Gasteiger partial charge on any atom is -0.356 e. The lowest BCUT2D eigenvalue weighted by Gasteiger charge is -2.03. The van der Waals surface area contributed by atoms with Crippen LogP contribution >= 0.6 is 0 Å².